The first-order chi connectivity index (χ1) is 27.8. The zero-order valence-electron chi connectivity index (χ0n) is 33.2. The Balaban J connectivity index is 1.20. The fourth-order valence-corrected chi connectivity index (χ4v) is 8.53. The van der Waals surface area contributed by atoms with Gasteiger partial charge in [0, 0.05) is 87.1 Å². The molecule has 0 spiro atoms. The van der Waals surface area contributed by atoms with Crippen LogP contribution in [0.5, 0.6) is 5.75 Å². The highest BCUT2D eigenvalue weighted by atomic mass is 16.6. The minimum atomic E-state index is -0.418. The highest BCUT2D eigenvalue weighted by molar-refractivity contribution is 6.08. The molecule has 10 heteroatoms. The number of nitrogens with zero attached hydrogens (tertiary/aromatic N) is 5. The number of hydrogen-bond donors (Lipinski definition) is 0. The van der Waals surface area contributed by atoms with Gasteiger partial charge in [0.15, 0.2) is 0 Å². The summed E-state index contributed by atoms with van der Waals surface area (Å²) in [5, 5.41) is 0. The molecule has 0 N–H and O–H groups in total. The van der Waals surface area contributed by atoms with Crippen LogP contribution in [0.25, 0.3) is 11.3 Å². The average molecular weight is 766 g/mol. The maximum atomic E-state index is 15.4. The molecule has 57 heavy (non-hydrogen) atoms. The number of hydrogen-bond acceptors (Lipinski definition) is 6. The molecular weight excluding hydrogens is 715 g/mol. The lowest BCUT2D eigenvalue weighted by Crippen LogP contribution is -2.52. The largest absolute Gasteiger partial charge is 0.415 e. The van der Waals surface area contributed by atoms with Crippen LogP contribution in [0.1, 0.15) is 62.0 Å². The van der Waals surface area contributed by atoms with Crippen molar-refractivity contribution in [1.82, 2.24) is 19.3 Å². The van der Waals surface area contributed by atoms with Crippen molar-refractivity contribution >= 4 is 23.6 Å². The van der Waals surface area contributed by atoms with Crippen molar-refractivity contribution in [3.8, 4) is 17.0 Å². The van der Waals surface area contributed by atoms with Gasteiger partial charge in [0.2, 0.25) is 0 Å². The quantitative estimate of drug-likeness (QED) is 0.155. The van der Waals surface area contributed by atoms with Gasteiger partial charge in [-0.25, -0.2) is 4.79 Å². The molecule has 5 aromatic rings. The van der Waals surface area contributed by atoms with E-state index in [9.17, 15) is 9.59 Å². The minimum absolute atomic E-state index is 0.0486. The van der Waals surface area contributed by atoms with Crippen LogP contribution in [-0.2, 0) is 37.7 Å². The van der Waals surface area contributed by atoms with Crippen LogP contribution in [0.15, 0.2) is 103 Å². The molecule has 10 nitrogen and oxygen atoms in total. The molecule has 3 aliphatic rings. The van der Waals surface area contributed by atoms with Crippen LogP contribution >= 0.6 is 0 Å². The van der Waals surface area contributed by atoms with Gasteiger partial charge in [-0.2, -0.15) is 0 Å². The first kappa shape index (κ1) is 38.2. The number of ether oxygens (including phenoxy) is 2. The molecule has 0 aliphatic carbocycles. The smallest absolute Gasteiger partial charge is 0.410 e. The highest BCUT2D eigenvalue weighted by Gasteiger charge is 2.35. The molecule has 1 atom stereocenters. The molecule has 294 valence electrons. The second-order valence-electron chi connectivity index (χ2n) is 15.4. The van der Waals surface area contributed by atoms with Gasteiger partial charge in [0.05, 0.1) is 18.8 Å². The van der Waals surface area contributed by atoms with Crippen LogP contribution in [0.4, 0.5) is 10.5 Å². The molecule has 1 saturated heterocycles. The summed E-state index contributed by atoms with van der Waals surface area (Å²) in [5.41, 5.74) is 8.85. The zero-order chi connectivity index (χ0) is 39.5. The Kier molecular flexibility index (Phi) is 11.2. The molecular formula is C47H51N5O5. The molecule has 0 saturated carbocycles. The van der Waals surface area contributed by atoms with Crippen LogP contribution in [0.2, 0.25) is 0 Å². The van der Waals surface area contributed by atoms with Gasteiger partial charge in [0.25, 0.3) is 11.8 Å². The van der Waals surface area contributed by atoms with E-state index in [4.69, 9.17) is 9.47 Å². The second kappa shape index (κ2) is 16.8. The van der Waals surface area contributed by atoms with E-state index >= 15 is 4.79 Å². The molecule has 4 aromatic carbocycles. The Morgan fingerprint density at radius 2 is 1.49 bits per heavy atom. The number of para-hydroxylation sites is 2. The summed E-state index contributed by atoms with van der Waals surface area (Å²) in [7, 11) is 1.97. The predicted octanol–water partition coefficient (Wildman–Crippen LogP) is 7.51. The fraction of sp³-hybridized carbons (Fsp3) is 0.340. The number of morpholine rings is 1. The Hall–Kier alpha value is -5.71. The maximum Gasteiger partial charge on any atom is 0.415 e. The Bertz CT molecular complexity index is 2250. The number of rotatable bonds is 9. The number of amides is 3. The van der Waals surface area contributed by atoms with E-state index in [1.165, 1.54) is 5.56 Å². The second-order valence-corrected chi connectivity index (χ2v) is 15.4. The number of anilines is 1. The van der Waals surface area contributed by atoms with Gasteiger partial charge in [-0.15, -0.1) is 0 Å². The van der Waals surface area contributed by atoms with Crippen molar-refractivity contribution in [2.75, 3.05) is 50.8 Å². The third-order valence-electron chi connectivity index (χ3n) is 11.8. The lowest BCUT2D eigenvalue weighted by atomic mass is 9.89. The summed E-state index contributed by atoms with van der Waals surface area (Å²) in [6.45, 7) is 9.70. The van der Waals surface area contributed by atoms with E-state index in [2.05, 4.69) is 36.1 Å². The van der Waals surface area contributed by atoms with Gasteiger partial charge < -0.3 is 28.7 Å². The highest BCUT2D eigenvalue weighted by Crippen LogP contribution is 2.36. The average Bonchev–Trinajstić information content (AvgIpc) is 3.55. The van der Waals surface area contributed by atoms with E-state index in [0.717, 1.165) is 71.8 Å². The summed E-state index contributed by atoms with van der Waals surface area (Å²) in [5.74, 6) is 0.359. The number of carbonyl (C=O) groups is 3. The zero-order valence-corrected chi connectivity index (χ0v) is 33.2. The minimum Gasteiger partial charge on any atom is -0.410 e. The van der Waals surface area contributed by atoms with Crippen LogP contribution in [0, 0.1) is 6.92 Å². The Morgan fingerprint density at radius 1 is 0.789 bits per heavy atom. The van der Waals surface area contributed by atoms with Crippen molar-refractivity contribution in [3.63, 3.8) is 0 Å². The predicted molar refractivity (Wildman–Crippen MR) is 222 cm³/mol. The molecule has 3 amide bonds. The lowest BCUT2D eigenvalue weighted by Gasteiger charge is -2.41. The van der Waals surface area contributed by atoms with E-state index in [0.29, 0.717) is 62.7 Å². The van der Waals surface area contributed by atoms with Crippen molar-refractivity contribution < 1.29 is 23.9 Å². The summed E-state index contributed by atoms with van der Waals surface area (Å²) in [6.07, 6.45) is 1.75. The molecule has 1 aromatic heterocycles. The van der Waals surface area contributed by atoms with Crippen molar-refractivity contribution in [2.24, 2.45) is 7.05 Å². The Morgan fingerprint density at radius 3 is 2.23 bits per heavy atom. The normalized spacial score (nSPS) is 16.8. The van der Waals surface area contributed by atoms with Crippen molar-refractivity contribution in [2.45, 2.75) is 52.2 Å². The summed E-state index contributed by atoms with van der Waals surface area (Å²) in [4.78, 5) is 51.2. The van der Waals surface area contributed by atoms with Crippen LogP contribution in [0.3, 0.4) is 0 Å². The summed E-state index contributed by atoms with van der Waals surface area (Å²) >= 11 is 0. The lowest BCUT2D eigenvalue weighted by molar-refractivity contribution is 0.0193. The summed E-state index contributed by atoms with van der Waals surface area (Å²) < 4.78 is 13.5. The van der Waals surface area contributed by atoms with Crippen LogP contribution < -0.4 is 9.64 Å². The molecule has 3 aliphatic heterocycles. The number of carbonyl (C=O) groups excluding carboxylic acids is 3. The standard InChI is InChI=1S/C47H51N5O5/c1-4-20-51(38-15-7-5-8-16-38)45(53)41-29-44(48(3)33(41)2)42-27-35-19-21-50(47(55)57-40-17-9-6-10-18-40)30-37(35)28-43(42)46(54)52-31-36-14-12-11-13-34(36)26-39(52)32-49-22-24-56-25-23-49/h5-18,27-29,39H,4,19-26,30-32H2,1-3H3/t39-/m0/s1. The first-order valence-electron chi connectivity index (χ1n) is 20.2. The molecule has 0 radical (unpaired) electrons. The van der Waals surface area contributed by atoms with E-state index in [-0.39, 0.29) is 17.9 Å². The van der Waals surface area contributed by atoms with Gasteiger partial charge in [-0.1, -0.05) is 67.6 Å². The van der Waals surface area contributed by atoms with Crippen molar-refractivity contribution in [1.29, 1.82) is 0 Å². The van der Waals surface area contributed by atoms with E-state index in [1.807, 2.05) is 95.1 Å². The Labute approximate surface area is 335 Å². The first-order valence-corrected chi connectivity index (χ1v) is 20.2. The van der Waals surface area contributed by atoms with Gasteiger partial charge in [-0.3, -0.25) is 14.5 Å². The topological polar surface area (TPSA) is 87.6 Å². The number of fused-ring (bicyclic) bond motifs is 2. The SMILES string of the molecule is CCCN(C(=O)c1cc(-c2cc3c(cc2C(=O)N2Cc4ccccc4C[C@H]2CN2CCOCC2)CN(C(=O)Oc2ccccc2)CC3)n(C)c1C)c1ccccc1. The van der Waals surface area contributed by atoms with Gasteiger partial charge >= 0.3 is 6.09 Å². The number of benzene rings is 4. The monoisotopic (exact) mass is 765 g/mol. The van der Waals surface area contributed by atoms with Crippen molar-refractivity contribution in [3.05, 3.63) is 142 Å². The maximum absolute atomic E-state index is 15.4. The van der Waals surface area contributed by atoms with E-state index < -0.39 is 6.09 Å². The molecule has 8 rings (SSSR count). The molecule has 4 heterocycles. The molecule has 0 unspecified atom stereocenters. The van der Waals surface area contributed by atoms with E-state index in [1.54, 1.807) is 17.0 Å². The fourth-order valence-electron chi connectivity index (χ4n) is 8.53. The van der Waals surface area contributed by atoms with Gasteiger partial charge in [0.1, 0.15) is 5.75 Å². The third-order valence-corrected chi connectivity index (χ3v) is 11.8. The molecule has 1 fully saturated rings. The summed E-state index contributed by atoms with van der Waals surface area (Å²) in [6, 6.07) is 33.4. The number of aromatic nitrogens is 1. The third kappa shape index (κ3) is 7.97. The molecule has 0 bridgehead atoms. The van der Waals surface area contributed by atoms with Crippen LogP contribution in [-0.4, -0.2) is 89.2 Å². The van der Waals surface area contributed by atoms with Gasteiger partial charge in [-0.05, 0) is 90.9 Å².